The molecular formula is C12H12F5NO2S. The Labute approximate surface area is 121 Å². The van der Waals surface area contributed by atoms with Crippen molar-refractivity contribution in [2.75, 3.05) is 12.3 Å². The first-order valence-corrected chi connectivity index (χ1v) is 6.74. The minimum atomic E-state index is -5.61. The fourth-order valence-corrected chi connectivity index (χ4v) is 1.81. The summed E-state index contributed by atoms with van der Waals surface area (Å²) in [6, 6.07) is 8.70. The van der Waals surface area contributed by atoms with Crippen molar-refractivity contribution in [3.63, 3.8) is 0 Å². The van der Waals surface area contributed by atoms with Crippen LogP contribution in [0.5, 0.6) is 0 Å². The van der Waals surface area contributed by atoms with E-state index in [1.54, 1.807) is 30.3 Å². The molecule has 0 aromatic heterocycles. The molecule has 21 heavy (non-hydrogen) atoms. The number of hydrogen-bond donors (Lipinski definition) is 1. The van der Waals surface area contributed by atoms with Crippen molar-refractivity contribution in [2.24, 2.45) is 0 Å². The summed E-state index contributed by atoms with van der Waals surface area (Å²) in [6.45, 7) is -0.373. The molecule has 3 nitrogen and oxygen atoms in total. The smallest absolute Gasteiger partial charge is 0.445 e. The summed E-state index contributed by atoms with van der Waals surface area (Å²) in [7, 11) is 0. The number of hydrogen-bond acceptors (Lipinski definition) is 3. The van der Waals surface area contributed by atoms with Crippen molar-refractivity contribution < 1.29 is 31.5 Å². The molecule has 118 valence electrons. The molecule has 0 saturated carbocycles. The number of rotatable bonds is 6. The monoisotopic (exact) mass is 329 g/mol. The molecule has 1 rings (SSSR count). The van der Waals surface area contributed by atoms with E-state index in [4.69, 9.17) is 4.74 Å². The van der Waals surface area contributed by atoms with Gasteiger partial charge in [-0.25, -0.2) is 4.79 Å². The Bertz CT molecular complexity index is 453. The van der Waals surface area contributed by atoms with E-state index in [1.807, 2.05) is 0 Å². The minimum Gasteiger partial charge on any atom is -0.445 e. The van der Waals surface area contributed by atoms with E-state index in [9.17, 15) is 26.7 Å². The Morgan fingerprint density at radius 2 is 1.76 bits per heavy atom. The van der Waals surface area contributed by atoms with Crippen molar-refractivity contribution in [1.82, 2.24) is 5.32 Å². The Hall–Kier alpha value is -1.51. The van der Waals surface area contributed by atoms with Crippen molar-refractivity contribution in [2.45, 2.75) is 18.0 Å². The number of benzene rings is 1. The largest absolute Gasteiger partial charge is 0.464 e. The molecule has 1 amide bonds. The lowest BCUT2D eigenvalue weighted by molar-refractivity contribution is -0.237. The first kappa shape index (κ1) is 17.5. The van der Waals surface area contributed by atoms with Gasteiger partial charge in [0.05, 0.1) is 0 Å². The van der Waals surface area contributed by atoms with Crippen LogP contribution in [0.3, 0.4) is 0 Å². The summed E-state index contributed by atoms with van der Waals surface area (Å²) < 4.78 is 65.3. The molecule has 1 aromatic rings. The van der Waals surface area contributed by atoms with Gasteiger partial charge in [-0.15, -0.1) is 0 Å². The van der Waals surface area contributed by atoms with Gasteiger partial charge in [-0.1, -0.05) is 42.1 Å². The molecule has 1 N–H and O–H groups in total. The predicted molar refractivity (Wildman–Crippen MR) is 68.1 cm³/mol. The number of amides is 1. The van der Waals surface area contributed by atoms with Gasteiger partial charge in [0.2, 0.25) is 0 Å². The number of carbonyl (C=O) groups excluding carboxylic acids is 1. The van der Waals surface area contributed by atoms with E-state index < -0.39 is 35.0 Å². The number of alkyl halides is 5. The molecule has 0 heterocycles. The summed E-state index contributed by atoms with van der Waals surface area (Å²) in [5, 5.41) is -2.74. The van der Waals surface area contributed by atoms with Crippen LogP contribution in [0.4, 0.5) is 26.7 Å². The second-order valence-corrected chi connectivity index (χ2v) is 5.06. The average Bonchev–Trinajstić information content (AvgIpc) is 2.41. The highest BCUT2D eigenvalue weighted by molar-refractivity contribution is 8.00. The maximum atomic E-state index is 12.5. The van der Waals surface area contributed by atoms with E-state index in [2.05, 4.69) is 5.32 Å². The van der Waals surface area contributed by atoms with Gasteiger partial charge in [0, 0.05) is 12.3 Å². The maximum Gasteiger partial charge on any atom is 0.464 e. The molecule has 0 spiro atoms. The van der Waals surface area contributed by atoms with Crippen LogP contribution in [0.1, 0.15) is 5.56 Å². The Kier molecular flexibility index (Phi) is 6.25. The van der Waals surface area contributed by atoms with E-state index in [-0.39, 0.29) is 13.2 Å². The molecule has 0 unspecified atom stereocenters. The molecule has 0 aliphatic carbocycles. The topological polar surface area (TPSA) is 38.3 Å². The summed E-state index contributed by atoms with van der Waals surface area (Å²) >= 11 is -0.587. The average molecular weight is 329 g/mol. The molecule has 1 aromatic carbocycles. The lowest BCUT2D eigenvalue weighted by atomic mass is 10.2. The minimum absolute atomic E-state index is 0.0154. The van der Waals surface area contributed by atoms with Crippen LogP contribution >= 0.6 is 11.8 Å². The molecule has 9 heteroatoms. The van der Waals surface area contributed by atoms with Crippen LogP contribution in [0.25, 0.3) is 0 Å². The zero-order valence-electron chi connectivity index (χ0n) is 10.6. The third kappa shape index (κ3) is 6.19. The number of nitrogens with one attached hydrogen (secondary N) is 1. The molecule has 0 saturated heterocycles. The second-order valence-electron chi connectivity index (χ2n) is 3.85. The quantitative estimate of drug-likeness (QED) is 0.637. The van der Waals surface area contributed by atoms with Crippen LogP contribution in [-0.2, 0) is 11.3 Å². The molecule has 0 aliphatic rings. The molecule has 0 aliphatic heterocycles. The molecular weight excluding hydrogens is 317 g/mol. The number of carbonyl (C=O) groups is 1. The van der Waals surface area contributed by atoms with Crippen molar-refractivity contribution in [3.05, 3.63) is 35.9 Å². The lowest BCUT2D eigenvalue weighted by Gasteiger charge is -2.18. The number of alkyl carbamates (subject to hydrolysis) is 1. The summed E-state index contributed by atoms with van der Waals surface area (Å²) in [4.78, 5) is 11.2. The number of thioether (sulfide) groups is 1. The Morgan fingerprint density at radius 3 is 2.33 bits per heavy atom. The van der Waals surface area contributed by atoms with Crippen LogP contribution in [0.15, 0.2) is 30.3 Å². The Balaban J connectivity index is 2.20. The fourth-order valence-electron chi connectivity index (χ4n) is 1.19. The van der Waals surface area contributed by atoms with Gasteiger partial charge in [-0.3, -0.25) is 0 Å². The first-order chi connectivity index (χ1) is 9.72. The molecule has 0 atom stereocenters. The van der Waals surface area contributed by atoms with Crippen LogP contribution in [0.2, 0.25) is 0 Å². The highest BCUT2D eigenvalue weighted by atomic mass is 32.2. The van der Waals surface area contributed by atoms with E-state index in [0.29, 0.717) is 0 Å². The summed E-state index contributed by atoms with van der Waals surface area (Å²) in [5.41, 5.74) is 0.727. The van der Waals surface area contributed by atoms with Gasteiger partial charge in [0.1, 0.15) is 6.61 Å². The second kappa shape index (κ2) is 7.48. The van der Waals surface area contributed by atoms with Crippen LogP contribution in [-0.4, -0.2) is 29.8 Å². The van der Waals surface area contributed by atoms with Gasteiger partial charge >= 0.3 is 17.5 Å². The number of ether oxygens (including phenoxy) is 1. The predicted octanol–water partition coefficient (Wildman–Crippen LogP) is 3.80. The zero-order chi connectivity index (χ0) is 15.9. The molecule has 0 bridgehead atoms. The molecule has 0 radical (unpaired) electrons. The third-order valence-corrected chi connectivity index (χ3v) is 3.20. The van der Waals surface area contributed by atoms with Crippen molar-refractivity contribution >= 4 is 17.9 Å². The first-order valence-electron chi connectivity index (χ1n) is 5.75. The van der Waals surface area contributed by atoms with Crippen LogP contribution in [0, 0.1) is 0 Å². The standard InChI is InChI=1S/C12H12F5NO2S/c13-11(14,15)12(16,17)21-7-6-18-10(19)20-8-9-4-2-1-3-5-9/h1-5H,6-8H2,(H,18,19). The lowest BCUT2D eigenvalue weighted by Crippen LogP contribution is -2.35. The van der Waals surface area contributed by atoms with Gasteiger partial charge < -0.3 is 10.1 Å². The van der Waals surface area contributed by atoms with E-state index in [1.165, 1.54) is 0 Å². The number of halogens is 5. The van der Waals surface area contributed by atoms with Crippen molar-refractivity contribution in [3.8, 4) is 0 Å². The van der Waals surface area contributed by atoms with E-state index >= 15 is 0 Å². The fraction of sp³-hybridized carbons (Fsp3) is 0.417. The van der Waals surface area contributed by atoms with Crippen molar-refractivity contribution in [1.29, 1.82) is 0 Å². The van der Waals surface area contributed by atoms with E-state index in [0.717, 1.165) is 5.56 Å². The highest BCUT2D eigenvalue weighted by Gasteiger charge is 2.57. The Morgan fingerprint density at radius 1 is 1.14 bits per heavy atom. The normalized spacial score (nSPS) is 12.0. The summed E-state index contributed by atoms with van der Waals surface area (Å²) in [5.74, 6) is -0.590. The van der Waals surface area contributed by atoms with Gasteiger partial charge in [0.25, 0.3) is 0 Å². The summed E-state index contributed by atoms with van der Waals surface area (Å²) in [6.07, 6.45) is -6.49. The van der Waals surface area contributed by atoms with Gasteiger partial charge in [-0.2, -0.15) is 22.0 Å². The van der Waals surface area contributed by atoms with Gasteiger partial charge in [0.15, 0.2) is 0 Å². The third-order valence-electron chi connectivity index (χ3n) is 2.20. The van der Waals surface area contributed by atoms with Gasteiger partial charge in [-0.05, 0) is 5.56 Å². The SMILES string of the molecule is O=C(NCCSC(F)(F)C(F)(F)F)OCc1ccccc1. The zero-order valence-corrected chi connectivity index (χ0v) is 11.4. The highest BCUT2D eigenvalue weighted by Crippen LogP contribution is 2.43. The van der Waals surface area contributed by atoms with Crippen LogP contribution < -0.4 is 5.32 Å². The molecule has 0 fully saturated rings. The maximum absolute atomic E-state index is 12.5.